The Morgan fingerprint density at radius 1 is 1.53 bits per heavy atom. The summed E-state index contributed by atoms with van der Waals surface area (Å²) in [5, 5.41) is 0. The molecule has 1 atom stereocenters. The fourth-order valence-electron chi connectivity index (χ4n) is 2.12. The number of aromatic nitrogens is 2. The van der Waals surface area contributed by atoms with Crippen LogP contribution in [0.2, 0.25) is 0 Å². The fourth-order valence-corrected chi connectivity index (χ4v) is 2.12. The molecular formula is C12H16N4O. The van der Waals surface area contributed by atoms with Crippen LogP contribution in [0.5, 0.6) is 0 Å². The van der Waals surface area contributed by atoms with Crippen molar-refractivity contribution in [3.05, 3.63) is 23.8 Å². The highest BCUT2D eigenvalue weighted by atomic mass is 16.1. The summed E-state index contributed by atoms with van der Waals surface area (Å²) in [6.07, 6.45) is 0.254. The molecule has 1 unspecified atom stereocenters. The molecule has 5 heteroatoms. The van der Waals surface area contributed by atoms with Gasteiger partial charge in [-0.25, -0.2) is 4.98 Å². The van der Waals surface area contributed by atoms with Gasteiger partial charge in [0.25, 0.3) is 0 Å². The number of anilines is 1. The molecule has 1 amide bonds. The molecule has 0 aliphatic rings. The van der Waals surface area contributed by atoms with E-state index >= 15 is 0 Å². The number of imidazole rings is 1. The molecule has 4 N–H and O–H groups in total. The fraction of sp³-hybridized carbons (Fsp3) is 0.333. The van der Waals surface area contributed by atoms with Gasteiger partial charge in [-0.05, 0) is 25.5 Å². The number of aryl methyl sites for hydroxylation is 1. The van der Waals surface area contributed by atoms with E-state index in [2.05, 4.69) is 4.98 Å². The van der Waals surface area contributed by atoms with Crippen LogP contribution in [0.1, 0.15) is 24.9 Å². The van der Waals surface area contributed by atoms with Crippen molar-refractivity contribution in [2.45, 2.75) is 26.3 Å². The van der Waals surface area contributed by atoms with E-state index in [1.807, 2.05) is 36.6 Å². The summed E-state index contributed by atoms with van der Waals surface area (Å²) in [6, 6.07) is 5.80. The molecule has 0 radical (unpaired) electrons. The molecule has 0 spiro atoms. The number of nitrogen functional groups attached to an aromatic ring is 1. The van der Waals surface area contributed by atoms with Crippen molar-refractivity contribution in [3.63, 3.8) is 0 Å². The second kappa shape index (κ2) is 4.08. The highest BCUT2D eigenvalue weighted by Crippen LogP contribution is 2.26. The Morgan fingerprint density at radius 2 is 2.24 bits per heavy atom. The summed E-state index contributed by atoms with van der Waals surface area (Å²) in [6.45, 7) is 3.89. The first kappa shape index (κ1) is 11.4. The van der Waals surface area contributed by atoms with Crippen molar-refractivity contribution in [1.82, 2.24) is 9.55 Å². The molecule has 2 rings (SSSR count). The summed E-state index contributed by atoms with van der Waals surface area (Å²) in [4.78, 5) is 15.3. The number of nitrogens with two attached hydrogens (primary N) is 2. The van der Waals surface area contributed by atoms with E-state index in [9.17, 15) is 4.79 Å². The maximum absolute atomic E-state index is 11.0. The van der Waals surface area contributed by atoms with Gasteiger partial charge in [0.05, 0.1) is 11.0 Å². The number of hydrogen-bond donors (Lipinski definition) is 2. The molecule has 0 saturated heterocycles. The lowest BCUT2D eigenvalue weighted by molar-refractivity contribution is -0.118. The molecule has 0 saturated carbocycles. The lowest BCUT2D eigenvalue weighted by Gasteiger charge is -2.14. The molecule has 5 nitrogen and oxygen atoms in total. The molecule has 1 heterocycles. The minimum atomic E-state index is -0.341. The Morgan fingerprint density at radius 3 is 2.88 bits per heavy atom. The molecule has 0 bridgehead atoms. The zero-order valence-electron chi connectivity index (χ0n) is 9.97. The maximum Gasteiger partial charge on any atom is 0.219 e. The molecular weight excluding hydrogens is 216 g/mol. The van der Waals surface area contributed by atoms with Crippen LogP contribution in [0.3, 0.4) is 0 Å². The molecule has 17 heavy (non-hydrogen) atoms. The summed E-state index contributed by atoms with van der Waals surface area (Å²) in [5.74, 6) is 0.0782. The number of hydrogen-bond acceptors (Lipinski definition) is 3. The minimum Gasteiger partial charge on any atom is -0.370 e. The van der Waals surface area contributed by atoms with E-state index in [1.165, 1.54) is 0 Å². The number of carbonyl (C=O) groups excluding carboxylic acids is 1. The first-order chi connectivity index (χ1) is 8.00. The average molecular weight is 232 g/mol. The van der Waals surface area contributed by atoms with Gasteiger partial charge in [0.2, 0.25) is 11.9 Å². The van der Waals surface area contributed by atoms with E-state index in [-0.39, 0.29) is 18.4 Å². The van der Waals surface area contributed by atoms with E-state index < -0.39 is 0 Å². The van der Waals surface area contributed by atoms with Crippen molar-refractivity contribution in [2.24, 2.45) is 5.73 Å². The molecule has 90 valence electrons. The second-order valence-corrected chi connectivity index (χ2v) is 4.30. The summed E-state index contributed by atoms with van der Waals surface area (Å²) in [5.41, 5.74) is 14.0. The van der Waals surface area contributed by atoms with Crippen LogP contribution in [-0.2, 0) is 4.79 Å². The first-order valence-corrected chi connectivity index (χ1v) is 5.52. The number of para-hydroxylation sites is 1. The second-order valence-electron chi connectivity index (χ2n) is 4.30. The van der Waals surface area contributed by atoms with Gasteiger partial charge in [-0.3, -0.25) is 4.79 Å². The third-order valence-corrected chi connectivity index (χ3v) is 2.89. The van der Waals surface area contributed by atoms with E-state index in [0.717, 1.165) is 16.6 Å². The molecule has 1 aromatic carbocycles. The smallest absolute Gasteiger partial charge is 0.219 e. The predicted octanol–water partition coefficient (Wildman–Crippen LogP) is 1.36. The van der Waals surface area contributed by atoms with Crippen LogP contribution in [-0.4, -0.2) is 15.5 Å². The molecule has 1 aromatic heterocycles. The standard InChI is InChI=1S/C12H16N4O/c1-7-4-3-5-9-11(7)15-12(14)16(9)8(2)6-10(13)17/h3-5,8H,6H2,1-2H3,(H2,13,17)(H2,14,15). The van der Waals surface area contributed by atoms with Crippen LogP contribution < -0.4 is 11.5 Å². The Bertz CT molecular complexity index is 573. The highest BCUT2D eigenvalue weighted by Gasteiger charge is 2.16. The molecule has 0 aliphatic carbocycles. The van der Waals surface area contributed by atoms with Gasteiger partial charge in [0.1, 0.15) is 0 Å². The van der Waals surface area contributed by atoms with Crippen molar-refractivity contribution in [2.75, 3.05) is 5.73 Å². The van der Waals surface area contributed by atoms with Crippen LogP contribution in [0.25, 0.3) is 11.0 Å². The summed E-state index contributed by atoms with van der Waals surface area (Å²) < 4.78 is 1.85. The van der Waals surface area contributed by atoms with Gasteiger partial charge in [0.15, 0.2) is 0 Å². The third kappa shape index (κ3) is 1.95. The van der Waals surface area contributed by atoms with Crippen LogP contribution >= 0.6 is 0 Å². The Hall–Kier alpha value is -2.04. The topological polar surface area (TPSA) is 86.9 Å². The van der Waals surface area contributed by atoms with Gasteiger partial charge in [-0.1, -0.05) is 12.1 Å². The summed E-state index contributed by atoms with van der Waals surface area (Å²) in [7, 11) is 0. The normalized spacial score (nSPS) is 12.8. The number of benzene rings is 1. The summed E-state index contributed by atoms with van der Waals surface area (Å²) >= 11 is 0. The Balaban J connectivity index is 2.57. The van der Waals surface area contributed by atoms with Crippen molar-refractivity contribution in [3.8, 4) is 0 Å². The van der Waals surface area contributed by atoms with Crippen LogP contribution in [0.4, 0.5) is 5.95 Å². The zero-order chi connectivity index (χ0) is 12.6. The lowest BCUT2D eigenvalue weighted by atomic mass is 10.2. The predicted molar refractivity (Wildman–Crippen MR) is 67.4 cm³/mol. The minimum absolute atomic E-state index is 0.0840. The van der Waals surface area contributed by atoms with Crippen molar-refractivity contribution < 1.29 is 4.79 Å². The number of fused-ring (bicyclic) bond motifs is 1. The van der Waals surface area contributed by atoms with Crippen LogP contribution in [0.15, 0.2) is 18.2 Å². The number of rotatable bonds is 3. The van der Waals surface area contributed by atoms with Gasteiger partial charge < -0.3 is 16.0 Å². The number of primary amides is 1. The first-order valence-electron chi connectivity index (χ1n) is 5.52. The largest absolute Gasteiger partial charge is 0.370 e. The van der Waals surface area contributed by atoms with E-state index in [4.69, 9.17) is 11.5 Å². The van der Waals surface area contributed by atoms with Gasteiger partial charge in [-0.2, -0.15) is 0 Å². The maximum atomic E-state index is 11.0. The number of nitrogens with zero attached hydrogens (tertiary/aromatic N) is 2. The Kier molecular flexibility index (Phi) is 2.75. The van der Waals surface area contributed by atoms with Crippen molar-refractivity contribution in [1.29, 1.82) is 0 Å². The molecule has 0 fully saturated rings. The highest BCUT2D eigenvalue weighted by molar-refractivity contribution is 5.82. The average Bonchev–Trinajstić information content (AvgIpc) is 2.55. The van der Waals surface area contributed by atoms with Gasteiger partial charge in [0, 0.05) is 12.5 Å². The number of carbonyl (C=O) groups is 1. The lowest BCUT2D eigenvalue weighted by Crippen LogP contribution is -2.18. The van der Waals surface area contributed by atoms with Crippen LogP contribution in [0, 0.1) is 6.92 Å². The van der Waals surface area contributed by atoms with Crippen molar-refractivity contribution >= 4 is 22.9 Å². The van der Waals surface area contributed by atoms with E-state index in [1.54, 1.807) is 0 Å². The Labute approximate surface area is 99.4 Å². The van der Waals surface area contributed by atoms with Gasteiger partial charge >= 0.3 is 0 Å². The third-order valence-electron chi connectivity index (χ3n) is 2.89. The zero-order valence-corrected chi connectivity index (χ0v) is 9.97. The number of amides is 1. The molecule has 0 aliphatic heterocycles. The monoisotopic (exact) mass is 232 g/mol. The van der Waals surface area contributed by atoms with E-state index in [0.29, 0.717) is 5.95 Å². The SMILES string of the molecule is Cc1cccc2c1nc(N)n2C(C)CC(N)=O. The quantitative estimate of drug-likeness (QED) is 0.837. The molecule has 2 aromatic rings. The van der Waals surface area contributed by atoms with Gasteiger partial charge in [-0.15, -0.1) is 0 Å².